The number of methoxy groups -OCH3 is 1. The summed E-state index contributed by atoms with van der Waals surface area (Å²) in [5.74, 6) is -1.34. The number of anilines is 1. The Labute approximate surface area is 238 Å². The van der Waals surface area contributed by atoms with Gasteiger partial charge in [0.2, 0.25) is 0 Å². The standard InChI is InChI=1S/C22H15F6NO4S.C6H12O2/c23-16-8-14(9-17(12-16)33-21(24)25)13-4-5-20-19(10-13)29(6-7-32-20)34(30,31)18-3-1-2-15(11-18)22(26,27)28;1-6(2,3)5(7)8-4/h1-5,8-12,21H,6-7H2;1-4H3. The number of benzene rings is 3. The predicted octanol–water partition coefficient (Wildman–Crippen LogP) is 6.91. The van der Waals surface area contributed by atoms with Gasteiger partial charge in [0.05, 0.1) is 35.2 Å². The molecule has 7 nitrogen and oxygen atoms in total. The summed E-state index contributed by atoms with van der Waals surface area (Å²) in [6.07, 6.45) is -4.74. The molecule has 0 fully saturated rings. The van der Waals surface area contributed by atoms with Crippen molar-refractivity contribution in [3.8, 4) is 22.6 Å². The summed E-state index contributed by atoms with van der Waals surface area (Å²) in [6.45, 7) is 2.02. The number of ether oxygens (including phenoxy) is 3. The summed E-state index contributed by atoms with van der Waals surface area (Å²) < 4.78 is 120. The Morgan fingerprint density at radius 3 is 2.24 bits per heavy atom. The highest BCUT2D eigenvalue weighted by molar-refractivity contribution is 7.92. The van der Waals surface area contributed by atoms with Gasteiger partial charge in [-0.2, -0.15) is 22.0 Å². The van der Waals surface area contributed by atoms with Gasteiger partial charge in [0.25, 0.3) is 10.0 Å². The predicted molar refractivity (Wildman–Crippen MR) is 141 cm³/mol. The molecule has 4 rings (SSSR count). The molecular weight excluding hydrogens is 592 g/mol. The molecule has 0 N–H and O–H groups in total. The second kappa shape index (κ2) is 12.5. The van der Waals surface area contributed by atoms with Crippen molar-refractivity contribution in [2.75, 3.05) is 24.6 Å². The van der Waals surface area contributed by atoms with Gasteiger partial charge in [-0.3, -0.25) is 9.10 Å². The average molecular weight is 620 g/mol. The van der Waals surface area contributed by atoms with Gasteiger partial charge >= 0.3 is 18.8 Å². The van der Waals surface area contributed by atoms with E-state index < -0.39 is 44.8 Å². The minimum absolute atomic E-state index is 0.00162. The van der Waals surface area contributed by atoms with Crippen molar-refractivity contribution >= 4 is 21.7 Å². The summed E-state index contributed by atoms with van der Waals surface area (Å²) in [5, 5.41) is 0. The lowest BCUT2D eigenvalue weighted by atomic mass is 9.98. The summed E-state index contributed by atoms with van der Waals surface area (Å²) in [4.78, 5) is 10.0. The Kier molecular flexibility index (Phi) is 9.70. The van der Waals surface area contributed by atoms with Crippen LogP contribution >= 0.6 is 0 Å². The van der Waals surface area contributed by atoms with Crippen LogP contribution in [0.2, 0.25) is 0 Å². The Morgan fingerprint density at radius 1 is 0.976 bits per heavy atom. The number of rotatable bonds is 5. The summed E-state index contributed by atoms with van der Waals surface area (Å²) >= 11 is 0. The van der Waals surface area contributed by atoms with Crippen molar-refractivity contribution in [1.82, 2.24) is 0 Å². The molecule has 14 heteroatoms. The molecule has 42 heavy (non-hydrogen) atoms. The van der Waals surface area contributed by atoms with Gasteiger partial charge in [0.15, 0.2) is 0 Å². The Bertz CT molecular complexity index is 1540. The summed E-state index contributed by atoms with van der Waals surface area (Å²) in [7, 11) is -3.04. The Hall–Kier alpha value is -3.94. The quantitative estimate of drug-likeness (QED) is 0.228. The van der Waals surface area contributed by atoms with Gasteiger partial charge in [-0.1, -0.05) is 12.1 Å². The zero-order chi connectivity index (χ0) is 31.5. The van der Waals surface area contributed by atoms with Crippen molar-refractivity contribution in [2.45, 2.75) is 38.5 Å². The third-order valence-electron chi connectivity index (χ3n) is 5.76. The van der Waals surface area contributed by atoms with Gasteiger partial charge in [0.1, 0.15) is 23.9 Å². The van der Waals surface area contributed by atoms with E-state index in [1.165, 1.54) is 25.3 Å². The van der Waals surface area contributed by atoms with Crippen molar-refractivity contribution in [3.63, 3.8) is 0 Å². The zero-order valence-corrected chi connectivity index (χ0v) is 23.7. The topological polar surface area (TPSA) is 82.1 Å². The molecule has 0 saturated heterocycles. The summed E-state index contributed by atoms with van der Waals surface area (Å²) in [5.41, 5.74) is -1.12. The molecule has 0 spiro atoms. The fourth-order valence-electron chi connectivity index (χ4n) is 3.79. The molecule has 228 valence electrons. The second-order valence-corrected chi connectivity index (χ2v) is 11.8. The van der Waals surface area contributed by atoms with Crippen LogP contribution < -0.4 is 13.8 Å². The average Bonchev–Trinajstić information content (AvgIpc) is 2.90. The number of carbonyl (C=O) groups is 1. The van der Waals surface area contributed by atoms with Crippen LogP contribution in [0, 0.1) is 11.2 Å². The molecule has 0 aliphatic carbocycles. The minimum Gasteiger partial charge on any atom is -0.489 e. The van der Waals surface area contributed by atoms with E-state index in [1.807, 2.05) is 20.8 Å². The number of esters is 1. The molecule has 0 saturated carbocycles. The first-order valence-corrected chi connectivity index (χ1v) is 13.7. The number of carbonyl (C=O) groups excluding carboxylic acids is 1. The number of fused-ring (bicyclic) bond motifs is 1. The SMILES string of the molecule is COC(=O)C(C)(C)C.O=S(=O)(c1cccc(C(F)(F)F)c1)N1CCOc2ccc(-c3cc(F)cc(OC(F)F)c3)cc21. The normalized spacial score (nSPS) is 13.5. The maximum Gasteiger partial charge on any atom is 0.416 e. The van der Waals surface area contributed by atoms with Crippen LogP contribution in [-0.2, 0) is 25.7 Å². The van der Waals surface area contributed by atoms with Crippen LogP contribution in [0.15, 0.2) is 65.6 Å². The number of nitrogens with zero attached hydrogens (tertiary/aromatic N) is 1. The highest BCUT2D eigenvalue weighted by Gasteiger charge is 2.35. The molecule has 0 atom stereocenters. The summed E-state index contributed by atoms with van der Waals surface area (Å²) in [6, 6.07) is 10.5. The number of halogens is 6. The van der Waals surface area contributed by atoms with Gasteiger partial charge in [-0.15, -0.1) is 0 Å². The van der Waals surface area contributed by atoms with E-state index in [2.05, 4.69) is 9.47 Å². The molecule has 0 unspecified atom stereocenters. The third kappa shape index (κ3) is 7.87. The highest BCUT2D eigenvalue weighted by atomic mass is 32.2. The molecule has 0 aromatic heterocycles. The van der Waals surface area contributed by atoms with Crippen LogP contribution in [0.1, 0.15) is 26.3 Å². The van der Waals surface area contributed by atoms with Crippen LogP contribution in [0.25, 0.3) is 11.1 Å². The van der Waals surface area contributed by atoms with Crippen molar-refractivity contribution in [1.29, 1.82) is 0 Å². The third-order valence-corrected chi connectivity index (χ3v) is 7.57. The first-order valence-electron chi connectivity index (χ1n) is 12.2. The molecule has 1 heterocycles. The van der Waals surface area contributed by atoms with Crippen molar-refractivity contribution in [2.24, 2.45) is 5.41 Å². The number of hydrogen-bond donors (Lipinski definition) is 0. The van der Waals surface area contributed by atoms with Crippen LogP contribution in [0.3, 0.4) is 0 Å². The number of sulfonamides is 1. The van der Waals surface area contributed by atoms with E-state index >= 15 is 0 Å². The van der Waals surface area contributed by atoms with E-state index in [4.69, 9.17) is 4.74 Å². The maximum atomic E-state index is 14.0. The van der Waals surface area contributed by atoms with Gasteiger partial charge in [-0.05, 0) is 74.4 Å². The van der Waals surface area contributed by atoms with E-state index in [9.17, 15) is 39.6 Å². The lowest BCUT2D eigenvalue weighted by Crippen LogP contribution is -2.38. The van der Waals surface area contributed by atoms with Gasteiger partial charge in [0, 0.05) is 6.07 Å². The van der Waals surface area contributed by atoms with Crippen LogP contribution in [0.4, 0.5) is 32.0 Å². The van der Waals surface area contributed by atoms with E-state index in [1.54, 1.807) is 0 Å². The van der Waals surface area contributed by atoms with E-state index in [-0.39, 0.29) is 47.1 Å². The first-order chi connectivity index (χ1) is 19.4. The van der Waals surface area contributed by atoms with Crippen molar-refractivity contribution in [3.05, 3.63) is 72.0 Å². The van der Waals surface area contributed by atoms with E-state index in [0.29, 0.717) is 6.07 Å². The minimum atomic E-state index is -4.74. The lowest BCUT2D eigenvalue weighted by Gasteiger charge is -2.31. The molecule has 0 amide bonds. The molecule has 1 aliphatic heterocycles. The number of alkyl halides is 5. The molecule has 3 aromatic carbocycles. The smallest absolute Gasteiger partial charge is 0.416 e. The first kappa shape index (κ1) is 32.6. The number of hydrogen-bond acceptors (Lipinski definition) is 6. The zero-order valence-electron chi connectivity index (χ0n) is 22.8. The largest absolute Gasteiger partial charge is 0.489 e. The van der Waals surface area contributed by atoms with Crippen LogP contribution in [0.5, 0.6) is 11.5 Å². The van der Waals surface area contributed by atoms with Crippen molar-refractivity contribution < 1.29 is 53.8 Å². The molecule has 3 aromatic rings. The van der Waals surface area contributed by atoms with Gasteiger partial charge in [-0.25, -0.2) is 12.8 Å². The molecule has 0 radical (unpaired) electrons. The molecular formula is C28H27F6NO6S. The fourth-order valence-corrected chi connectivity index (χ4v) is 5.29. The lowest BCUT2D eigenvalue weighted by molar-refractivity contribution is -0.149. The monoisotopic (exact) mass is 619 g/mol. The highest BCUT2D eigenvalue weighted by Crippen LogP contribution is 2.40. The Balaban J connectivity index is 0.000000531. The second-order valence-electron chi connectivity index (χ2n) is 9.93. The molecule has 0 bridgehead atoms. The van der Waals surface area contributed by atoms with Gasteiger partial charge < -0.3 is 14.2 Å². The van der Waals surface area contributed by atoms with Crippen LogP contribution in [-0.4, -0.2) is 41.3 Å². The fraction of sp³-hybridized carbons (Fsp3) is 0.321. The van der Waals surface area contributed by atoms with E-state index in [0.717, 1.165) is 40.7 Å². The maximum absolute atomic E-state index is 14.0. The molecule has 1 aliphatic rings. The Morgan fingerprint density at radius 2 is 1.67 bits per heavy atom.